The summed E-state index contributed by atoms with van der Waals surface area (Å²) in [5, 5.41) is 30.1. The first-order valence-corrected chi connectivity index (χ1v) is 20.8. The molecular formula is C35H51N11O9S2. The van der Waals surface area contributed by atoms with Gasteiger partial charge in [-0.2, -0.15) is 0 Å². The SMILES string of the molecule is N=C(N)NCCCC[C@H](N)C(=O)NCC(=O)N[C@@H](CC(=O)O)C(=O)N[C@@H](Cc1c[nH]c2ccccc12)C(=O)N1CCC[C@H]1C(=O)NC(CSSCCC=O)C(N)=O. The van der Waals surface area contributed by atoms with Crippen LogP contribution in [0.4, 0.5) is 0 Å². The molecule has 0 aliphatic carbocycles. The molecule has 312 valence electrons. The molecule has 1 unspecified atom stereocenters. The van der Waals surface area contributed by atoms with Crippen molar-refractivity contribution in [3.05, 3.63) is 36.0 Å². The highest BCUT2D eigenvalue weighted by atomic mass is 33.1. The van der Waals surface area contributed by atoms with E-state index in [2.05, 4.69) is 31.6 Å². The topological polar surface area (TPSA) is 338 Å². The molecule has 1 aromatic carbocycles. The summed E-state index contributed by atoms with van der Waals surface area (Å²) in [5.41, 5.74) is 18.1. The van der Waals surface area contributed by atoms with E-state index in [1.807, 2.05) is 18.2 Å². The molecule has 0 radical (unpaired) electrons. The van der Waals surface area contributed by atoms with Crippen molar-refractivity contribution in [3.63, 3.8) is 0 Å². The number of aromatic nitrogens is 1. The largest absolute Gasteiger partial charge is 0.481 e. The fraction of sp³-hybridized carbons (Fsp3) is 0.514. The number of carbonyl (C=O) groups excluding carboxylic acids is 7. The number of rotatable bonds is 25. The number of carboxylic acids is 1. The summed E-state index contributed by atoms with van der Waals surface area (Å²) in [7, 11) is 2.60. The third-order valence-corrected chi connectivity index (χ3v) is 11.3. The van der Waals surface area contributed by atoms with Gasteiger partial charge < -0.3 is 63.6 Å². The molecule has 1 aliphatic heterocycles. The molecule has 1 aliphatic rings. The highest BCUT2D eigenvalue weighted by Crippen LogP contribution is 2.25. The summed E-state index contributed by atoms with van der Waals surface area (Å²) >= 11 is 0. The Labute approximate surface area is 336 Å². The van der Waals surface area contributed by atoms with Crippen molar-refractivity contribution in [1.82, 2.24) is 36.5 Å². The highest BCUT2D eigenvalue weighted by molar-refractivity contribution is 8.76. The number of carboxylic acid groups (broad SMARTS) is 1. The molecule has 14 N–H and O–H groups in total. The molecule has 6 amide bonds. The predicted molar refractivity (Wildman–Crippen MR) is 214 cm³/mol. The van der Waals surface area contributed by atoms with E-state index < -0.39 is 84.6 Å². The van der Waals surface area contributed by atoms with Gasteiger partial charge in [0.1, 0.15) is 30.5 Å². The van der Waals surface area contributed by atoms with E-state index >= 15 is 0 Å². The Morgan fingerprint density at radius 2 is 1.74 bits per heavy atom. The zero-order valence-electron chi connectivity index (χ0n) is 31.3. The summed E-state index contributed by atoms with van der Waals surface area (Å²) in [6, 6.07) is 1.21. The van der Waals surface area contributed by atoms with Crippen LogP contribution in [0, 0.1) is 5.41 Å². The number of nitrogens with zero attached hydrogens (tertiary/aromatic N) is 1. The van der Waals surface area contributed by atoms with Crippen LogP contribution in [0.25, 0.3) is 10.9 Å². The standard InChI is InChI=1S/C35H51N11O9S2/c36-22(8-3-4-11-40-35(38)39)31(52)42-18-28(48)43-24(16-29(49)50)32(53)44-25(15-20-17-41-23-9-2-1-7-21(20)23)34(55)46-12-5-10-27(46)33(54)45-26(30(37)51)19-57-56-14-6-13-47/h1-2,7,9,13,17,22,24-27,41H,3-6,8,10-12,14-16,18-19,36H2,(H2,37,51)(H,42,52)(H,43,48)(H,44,53)(H,45,54)(H,49,50)(H4,38,39,40)/t22-,24-,25-,26?,27-/m0/s1. The summed E-state index contributed by atoms with van der Waals surface area (Å²) in [4.78, 5) is 106. The van der Waals surface area contributed by atoms with Gasteiger partial charge in [-0.1, -0.05) is 39.8 Å². The van der Waals surface area contributed by atoms with Crippen molar-refractivity contribution in [3.8, 4) is 0 Å². The van der Waals surface area contributed by atoms with Crippen molar-refractivity contribution >= 4 is 86.1 Å². The number of nitrogens with one attached hydrogen (secondary N) is 7. The molecule has 57 heavy (non-hydrogen) atoms. The minimum atomic E-state index is -1.66. The summed E-state index contributed by atoms with van der Waals surface area (Å²) < 4.78 is 0. The molecule has 0 spiro atoms. The van der Waals surface area contributed by atoms with Gasteiger partial charge in [-0.3, -0.25) is 39.0 Å². The Morgan fingerprint density at radius 3 is 2.44 bits per heavy atom. The number of nitrogens with two attached hydrogens (primary N) is 3. The number of hydrogen-bond donors (Lipinski definition) is 11. The normalized spacial score (nSPS) is 15.7. The molecule has 2 heterocycles. The van der Waals surface area contributed by atoms with Crippen LogP contribution in [-0.4, -0.2) is 130 Å². The van der Waals surface area contributed by atoms with Crippen LogP contribution in [0.15, 0.2) is 30.5 Å². The van der Waals surface area contributed by atoms with Crippen LogP contribution >= 0.6 is 21.6 Å². The molecule has 22 heteroatoms. The molecule has 1 fully saturated rings. The van der Waals surface area contributed by atoms with Gasteiger partial charge in [0.2, 0.25) is 35.4 Å². The van der Waals surface area contributed by atoms with Crippen molar-refractivity contribution in [1.29, 1.82) is 5.41 Å². The zero-order chi connectivity index (χ0) is 41.9. The van der Waals surface area contributed by atoms with Gasteiger partial charge in [0.05, 0.1) is 19.0 Å². The number of primary amides is 1. The van der Waals surface area contributed by atoms with Gasteiger partial charge in [-0.05, 0) is 43.7 Å². The second kappa shape index (κ2) is 23.7. The number of guanidine groups is 1. The molecule has 0 saturated carbocycles. The number of fused-ring (bicyclic) bond motifs is 1. The van der Waals surface area contributed by atoms with Crippen LogP contribution in [0.3, 0.4) is 0 Å². The second-order valence-corrected chi connectivity index (χ2v) is 15.8. The number of unbranched alkanes of at least 4 members (excludes halogenated alkanes) is 1. The maximum atomic E-state index is 14.3. The third-order valence-electron chi connectivity index (χ3n) is 8.90. The Bertz CT molecular complexity index is 1760. The lowest BCUT2D eigenvalue weighted by Gasteiger charge is -2.30. The molecule has 0 bridgehead atoms. The number of aldehydes is 1. The van der Waals surface area contributed by atoms with E-state index in [0.29, 0.717) is 43.5 Å². The van der Waals surface area contributed by atoms with Gasteiger partial charge in [0, 0.05) is 54.5 Å². The zero-order valence-corrected chi connectivity index (χ0v) is 32.9. The number of benzene rings is 1. The molecule has 3 rings (SSSR count). The van der Waals surface area contributed by atoms with Crippen LogP contribution in [0.5, 0.6) is 0 Å². The van der Waals surface area contributed by atoms with Crippen molar-refractivity contribution in [2.24, 2.45) is 17.2 Å². The van der Waals surface area contributed by atoms with Gasteiger partial charge in [-0.25, -0.2) is 0 Å². The van der Waals surface area contributed by atoms with Gasteiger partial charge >= 0.3 is 5.97 Å². The first kappa shape index (κ1) is 46.0. The molecular weight excluding hydrogens is 783 g/mol. The maximum Gasteiger partial charge on any atom is 0.305 e. The molecule has 1 saturated heterocycles. The summed E-state index contributed by atoms with van der Waals surface area (Å²) in [6.45, 7) is -0.0591. The molecule has 5 atom stereocenters. The van der Waals surface area contributed by atoms with Crippen molar-refractivity contribution in [2.75, 3.05) is 31.1 Å². The Kier molecular flexibility index (Phi) is 19.1. The number of likely N-dealkylation sites (tertiary alicyclic amines) is 1. The number of H-pyrrole nitrogens is 1. The minimum absolute atomic E-state index is 0.0789. The van der Waals surface area contributed by atoms with Gasteiger partial charge in [0.25, 0.3) is 0 Å². The predicted octanol–water partition coefficient (Wildman–Crippen LogP) is -1.82. The fourth-order valence-corrected chi connectivity index (χ4v) is 8.13. The van der Waals surface area contributed by atoms with E-state index in [4.69, 9.17) is 22.6 Å². The molecule has 20 nitrogen and oxygen atoms in total. The van der Waals surface area contributed by atoms with Crippen molar-refractivity contribution < 1.29 is 43.5 Å². The van der Waals surface area contributed by atoms with E-state index in [-0.39, 0.29) is 37.5 Å². The van der Waals surface area contributed by atoms with Crippen molar-refractivity contribution in [2.45, 2.75) is 81.6 Å². The van der Waals surface area contributed by atoms with Crippen LogP contribution in [-0.2, 0) is 44.8 Å². The van der Waals surface area contributed by atoms with E-state index in [9.17, 15) is 43.5 Å². The fourth-order valence-electron chi connectivity index (χ4n) is 6.00. The molecule has 1 aromatic heterocycles. The monoisotopic (exact) mass is 833 g/mol. The number of carbonyl (C=O) groups is 8. The first-order chi connectivity index (χ1) is 27.2. The Balaban J connectivity index is 1.74. The minimum Gasteiger partial charge on any atom is -0.481 e. The average molecular weight is 834 g/mol. The number of hydrogen-bond acceptors (Lipinski definition) is 12. The molecule has 2 aromatic rings. The van der Waals surface area contributed by atoms with Crippen LogP contribution < -0.4 is 43.8 Å². The smallest absolute Gasteiger partial charge is 0.305 e. The maximum absolute atomic E-state index is 14.3. The Hall–Kier alpha value is -5.35. The third kappa shape index (κ3) is 15.3. The highest BCUT2D eigenvalue weighted by Gasteiger charge is 2.40. The van der Waals surface area contributed by atoms with E-state index in [0.717, 1.165) is 17.2 Å². The number of amides is 6. The van der Waals surface area contributed by atoms with Crippen LogP contribution in [0.2, 0.25) is 0 Å². The van der Waals surface area contributed by atoms with Gasteiger partial charge in [0.15, 0.2) is 5.96 Å². The lowest BCUT2D eigenvalue weighted by atomic mass is 10.0. The van der Waals surface area contributed by atoms with Gasteiger partial charge in [-0.15, -0.1) is 0 Å². The average Bonchev–Trinajstić information content (AvgIpc) is 3.83. The Morgan fingerprint density at radius 1 is 0.982 bits per heavy atom. The summed E-state index contributed by atoms with van der Waals surface area (Å²) in [5.74, 6) is -5.56. The second-order valence-electron chi connectivity index (χ2n) is 13.2. The van der Waals surface area contributed by atoms with E-state index in [1.165, 1.54) is 26.5 Å². The van der Waals surface area contributed by atoms with Crippen LogP contribution in [0.1, 0.15) is 50.5 Å². The number of aliphatic carboxylic acids is 1. The first-order valence-electron chi connectivity index (χ1n) is 18.3. The quantitative estimate of drug-likeness (QED) is 0.0173. The van der Waals surface area contributed by atoms with E-state index in [1.54, 1.807) is 12.3 Å². The lowest BCUT2D eigenvalue weighted by molar-refractivity contribution is -0.143. The number of aromatic amines is 1. The summed E-state index contributed by atoms with van der Waals surface area (Å²) in [6.07, 6.45) is 3.89. The lowest BCUT2D eigenvalue weighted by Crippen LogP contribution is -2.59. The number of para-hydroxylation sites is 1.